The normalized spacial score (nSPS) is 21.8. The smallest absolute Gasteiger partial charge is 0.337 e. The Kier molecular flexibility index (Phi) is 3.57. The average Bonchev–Trinajstić information content (AvgIpc) is 2.81. The van der Waals surface area contributed by atoms with Crippen molar-refractivity contribution in [2.75, 3.05) is 30.8 Å². The van der Waals surface area contributed by atoms with E-state index in [0.29, 0.717) is 25.2 Å². The minimum atomic E-state index is -1.04. The summed E-state index contributed by atoms with van der Waals surface area (Å²) in [5.41, 5.74) is 6.49. The predicted molar refractivity (Wildman–Crippen MR) is 76.8 cm³/mol. The second-order valence-corrected chi connectivity index (χ2v) is 5.35. The quantitative estimate of drug-likeness (QED) is 0.714. The Morgan fingerprint density at radius 2 is 2.15 bits per heavy atom. The molecule has 1 atom stereocenters. The Labute approximate surface area is 117 Å². The van der Waals surface area contributed by atoms with E-state index in [0.717, 1.165) is 0 Å². The second-order valence-electron chi connectivity index (χ2n) is 5.35. The van der Waals surface area contributed by atoms with Gasteiger partial charge in [-0.3, -0.25) is 4.79 Å². The molecule has 0 bridgehead atoms. The summed E-state index contributed by atoms with van der Waals surface area (Å²) >= 11 is 0. The highest BCUT2D eigenvalue weighted by Crippen LogP contribution is 2.36. The molecule has 6 nitrogen and oxygen atoms in total. The van der Waals surface area contributed by atoms with Crippen LogP contribution < -0.4 is 16.0 Å². The number of nitrogens with one attached hydrogen (secondary N) is 1. The monoisotopic (exact) mass is 277 g/mol. The molecule has 2 rings (SSSR count). The van der Waals surface area contributed by atoms with Crippen molar-refractivity contribution in [2.45, 2.75) is 13.3 Å². The average molecular weight is 277 g/mol. The van der Waals surface area contributed by atoms with Gasteiger partial charge in [-0.1, -0.05) is 6.07 Å². The van der Waals surface area contributed by atoms with Gasteiger partial charge in [0.2, 0.25) is 5.91 Å². The van der Waals surface area contributed by atoms with Gasteiger partial charge in [-0.25, -0.2) is 4.79 Å². The maximum Gasteiger partial charge on any atom is 0.337 e. The van der Waals surface area contributed by atoms with Crippen molar-refractivity contribution in [3.8, 4) is 0 Å². The zero-order valence-electron chi connectivity index (χ0n) is 11.6. The van der Waals surface area contributed by atoms with Crippen LogP contribution in [-0.2, 0) is 4.79 Å². The highest BCUT2D eigenvalue weighted by molar-refractivity contribution is 5.97. The first-order valence-electron chi connectivity index (χ1n) is 6.48. The summed E-state index contributed by atoms with van der Waals surface area (Å²) < 4.78 is 0. The van der Waals surface area contributed by atoms with Crippen molar-refractivity contribution in [1.29, 1.82) is 0 Å². The van der Waals surface area contributed by atoms with E-state index in [4.69, 9.17) is 10.8 Å². The lowest BCUT2D eigenvalue weighted by Crippen LogP contribution is -2.39. The first-order valence-corrected chi connectivity index (χ1v) is 6.48. The van der Waals surface area contributed by atoms with E-state index in [1.807, 2.05) is 11.8 Å². The molecule has 0 saturated carbocycles. The van der Waals surface area contributed by atoms with Crippen LogP contribution in [0, 0.1) is 5.41 Å². The van der Waals surface area contributed by atoms with Gasteiger partial charge in [-0.2, -0.15) is 0 Å². The van der Waals surface area contributed by atoms with Gasteiger partial charge in [-0.05, 0) is 25.5 Å². The standard InChI is InChI=1S/C14H19N3O3/c1-14(13(20)16-2)6-7-17(8-14)10-5-3-4-9(11(10)15)12(18)19/h3-5H,6-8,15H2,1-2H3,(H,16,20)(H,18,19). The molecular weight excluding hydrogens is 258 g/mol. The van der Waals surface area contributed by atoms with Crippen LogP contribution in [0.2, 0.25) is 0 Å². The Morgan fingerprint density at radius 3 is 2.75 bits per heavy atom. The van der Waals surface area contributed by atoms with Crippen molar-refractivity contribution >= 4 is 23.3 Å². The Bertz CT molecular complexity index is 559. The number of aromatic carboxylic acids is 1. The molecule has 1 heterocycles. The van der Waals surface area contributed by atoms with Crippen LogP contribution in [0.4, 0.5) is 11.4 Å². The van der Waals surface area contributed by atoms with E-state index >= 15 is 0 Å². The fourth-order valence-electron chi connectivity index (χ4n) is 2.67. The fourth-order valence-corrected chi connectivity index (χ4v) is 2.67. The molecule has 1 amide bonds. The maximum atomic E-state index is 11.9. The van der Waals surface area contributed by atoms with Crippen molar-refractivity contribution in [1.82, 2.24) is 5.32 Å². The third-order valence-electron chi connectivity index (χ3n) is 3.90. The number of amides is 1. The molecule has 1 saturated heterocycles. The van der Waals surface area contributed by atoms with Crippen LogP contribution in [0.1, 0.15) is 23.7 Å². The Balaban J connectivity index is 2.29. The highest BCUT2D eigenvalue weighted by atomic mass is 16.4. The number of nitrogen functional groups attached to an aromatic ring is 1. The van der Waals surface area contributed by atoms with E-state index in [1.165, 1.54) is 6.07 Å². The lowest BCUT2D eigenvalue weighted by molar-refractivity contribution is -0.128. The summed E-state index contributed by atoms with van der Waals surface area (Å²) in [4.78, 5) is 25.0. The second kappa shape index (κ2) is 5.03. The molecule has 6 heteroatoms. The molecular formula is C14H19N3O3. The number of carbonyl (C=O) groups is 2. The molecule has 1 aromatic carbocycles. The van der Waals surface area contributed by atoms with E-state index in [-0.39, 0.29) is 17.2 Å². The van der Waals surface area contributed by atoms with Gasteiger partial charge in [-0.15, -0.1) is 0 Å². The van der Waals surface area contributed by atoms with E-state index < -0.39 is 11.4 Å². The SMILES string of the molecule is CNC(=O)C1(C)CCN(c2cccc(C(=O)O)c2N)C1. The van der Waals surface area contributed by atoms with Crippen molar-refractivity contribution in [3.63, 3.8) is 0 Å². The van der Waals surface area contributed by atoms with Crippen molar-refractivity contribution in [3.05, 3.63) is 23.8 Å². The lowest BCUT2D eigenvalue weighted by atomic mass is 9.89. The first kappa shape index (κ1) is 14.2. The molecule has 0 aromatic heterocycles. The number of hydrogen-bond donors (Lipinski definition) is 3. The molecule has 20 heavy (non-hydrogen) atoms. The summed E-state index contributed by atoms with van der Waals surface area (Å²) in [6.07, 6.45) is 0.712. The van der Waals surface area contributed by atoms with Gasteiger partial charge in [0, 0.05) is 20.1 Å². The Hall–Kier alpha value is -2.24. The van der Waals surface area contributed by atoms with E-state index in [1.54, 1.807) is 19.2 Å². The van der Waals surface area contributed by atoms with Gasteiger partial charge >= 0.3 is 5.97 Å². The molecule has 108 valence electrons. The molecule has 1 unspecified atom stereocenters. The third kappa shape index (κ3) is 2.29. The number of nitrogens with two attached hydrogens (primary N) is 1. The van der Waals surface area contributed by atoms with Crippen LogP contribution >= 0.6 is 0 Å². The lowest BCUT2D eigenvalue weighted by Gasteiger charge is -2.25. The number of carboxylic acid groups (broad SMARTS) is 1. The number of nitrogens with zero attached hydrogens (tertiary/aromatic N) is 1. The zero-order chi connectivity index (χ0) is 14.9. The van der Waals surface area contributed by atoms with E-state index in [2.05, 4.69) is 5.32 Å². The summed E-state index contributed by atoms with van der Waals surface area (Å²) in [5, 5.41) is 11.8. The van der Waals surface area contributed by atoms with Crippen LogP contribution in [0.15, 0.2) is 18.2 Å². The number of hydrogen-bond acceptors (Lipinski definition) is 4. The van der Waals surface area contributed by atoms with Crippen LogP contribution in [-0.4, -0.2) is 37.1 Å². The zero-order valence-corrected chi connectivity index (χ0v) is 11.6. The highest BCUT2D eigenvalue weighted by Gasteiger charge is 2.40. The fraction of sp³-hybridized carbons (Fsp3) is 0.429. The topological polar surface area (TPSA) is 95.7 Å². The number of carbonyl (C=O) groups excluding carboxylic acids is 1. The number of para-hydroxylation sites is 1. The molecule has 0 radical (unpaired) electrons. The first-order chi connectivity index (χ1) is 9.39. The molecule has 4 N–H and O–H groups in total. The number of anilines is 2. The molecule has 0 spiro atoms. The van der Waals surface area contributed by atoms with Crippen LogP contribution in [0.3, 0.4) is 0 Å². The number of rotatable bonds is 3. The number of benzene rings is 1. The maximum absolute atomic E-state index is 11.9. The van der Waals surface area contributed by atoms with Gasteiger partial charge in [0.25, 0.3) is 0 Å². The van der Waals surface area contributed by atoms with Gasteiger partial charge in [0.05, 0.1) is 22.4 Å². The van der Waals surface area contributed by atoms with Crippen LogP contribution in [0.25, 0.3) is 0 Å². The molecule has 0 aliphatic carbocycles. The Morgan fingerprint density at radius 1 is 1.45 bits per heavy atom. The summed E-state index contributed by atoms with van der Waals surface area (Å²) in [5.74, 6) is -1.05. The van der Waals surface area contributed by atoms with Gasteiger partial charge in [0.15, 0.2) is 0 Å². The van der Waals surface area contributed by atoms with Gasteiger partial charge in [0.1, 0.15) is 0 Å². The van der Waals surface area contributed by atoms with Crippen LogP contribution in [0.5, 0.6) is 0 Å². The number of carboxylic acids is 1. The minimum Gasteiger partial charge on any atom is -0.478 e. The molecule has 1 aliphatic heterocycles. The van der Waals surface area contributed by atoms with Crippen molar-refractivity contribution in [2.24, 2.45) is 5.41 Å². The largest absolute Gasteiger partial charge is 0.478 e. The summed E-state index contributed by atoms with van der Waals surface area (Å²) in [6.45, 7) is 3.11. The van der Waals surface area contributed by atoms with E-state index in [9.17, 15) is 9.59 Å². The molecule has 1 aromatic rings. The van der Waals surface area contributed by atoms with Crippen molar-refractivity contribution < 1.29 is 14.7 Å². The third-order valence-corrected chi connectivity index (χ3v) is 3.90. The predicted octanol–water partition coefficient (Wildman–Crippen LogP) is 0.929. The minimum absolute atomic E-state index is 0.00652. The molecule has 1 aliphatic rings. The summed E-state index contributed by atoms with van der Waals surface area (Å²) in [6, 6.07) is 4.94. The van der Waals surface area contributed by atoms with Gasteiger partial charge < -0.3 is 21.1 Å². The molecule has 1 fully saturated rings. The summed E-state index contributed by atoms with van der Waals surface area (Å²) in [7, 11) is 1.62.